The summed E-state index contributed by atoms with van der Waals surface area (Å²) in [5.74, 6) is 0.706. The minimum absolute atomic E-state index is 0.163. The second kappa shape index (κ2) is 6.04. The maximum absolute atomic E-state index is 13.1. The lowest BCUT2D eigenvalue weighted by Gasteiger charge is -2.14. The van der Waals surface area contributed by atoms with E-state index in [1.54, 1.807) is 18.2 Å². The van der Waals surface area contributed by atoms with Crippen LogP contribution < -0.4 is 10.1 Å². The molecular weight excluding hydrogens is 265 g/mol. The van der Waals surface area contributed by atoms with Crippen molar-refractivity contribution in [2.45, 2.75) is 13.0 Å². The van der Waals surface area contributed by atoms with Crippen LogP contribution in [0.2, 0.25) is 5.02 Å². The molecule has 0 amide bonds. The SMILES string of the molecule is CNC(C)c1ccc(Oc2cccc(F)c2)cc1Cl. The van der Waals surface area contributed by atoms with Gasteiger partial charge in [0.1, 0.15) is 17.3 Å². The maximum Gasteiger partial charge on any atom is 0.130 e. The van der Waals surface area contributed by atoms with Gasteiger partial charge in [-0.25, -0.2) is 4.39 Å². The average molecular weight is 280 g/mol. The van der Waals surface area contributed by atoms with Crippen LogP contribution in [0.5, 0.6) is 11.5 Å². The Hall–Kier alpha value is -1.58. The Balaban J connectivity index is 2.21. The minimum Gasteiger partial charge on any atom is -0.457 e. The number of halogens is 2. The molecule has 0 heterocycles. The van der Waals surface area contributed by atoms with E-state index in [1.165, 1.54) is 12.1 Å². The van der Waals surface area contributed by atoms with Gasteiger partial charge in [0.15, 0.2) is 0 Å². The van der Waals surface area contributed by atoms with Crippen LogP contribution in [0.1, 0.15) is 18.5 Å². The molecule has 0 spiro atoms. The highest BCUT2D eigenvalue weighted by Crippen LogP contribution is 2.29. The summed E-state index contributed by atoms with van der Waals surface area (Å²) >= 11 is 6.21. The predicted molar refractivity (Wildman–Crippen MR) is 75.4 cm³/mol. The fourth-order valence-electron chi connectivity index (χ4n) is 1.74. The van der Waals surface area contributed by atoms with Crippen LogP contribution in [-0.2, 0) is 0 Å². The zero-order valence-corrected chi connectivity index (χ0v) is 11.5. The van der Waals surface area contributed by atoms with Gasteiger partial charge in [-0.05, 0) is 43.8 Å². The van der Waals surface area contributed by atoms with Crippen molar-refractivity contribution in [3.63, 3.8) is 0 Å². The molecule has 0 aromatic heterocycles. The van der Waals surface area contributed by atoms with Crippen molar-refractivity contribution >= 4 is 11.6 Å². The molecule has 0 aliphatic rings. The van der Waals surface area contributed by atoms with Crippen molar-refractivity contribution in [3.05, 3.63) is 58.9 Å². The van der Waals surface area contributed by atoms with E-state index in [9.17, 15) is 4.39 Å². The lowest BCUT2D eigenvalue weighted by Crippen LogP contribution is -2.12. The van der Waals surface area contributed by atoms with Crippen LogP contribution in [0.25, 0.3) is 0 Å². The second-order valence-corrected chi connectivity index (χ2v) is 4.66. The molecule has 2 rings (SSSR count). The van der Waals surface area contributed by atoms with E-state index in [4.69, 9.17) is 16.3 Å². The van der Waals surface area contributed by atoms with Crippen LogP contribution >= 0.6 is 11.6 Å². The van der Waals surface area contributed by atoms with E-state index in [0.29, 0.717) is 16.5 Å². The highest BCUT2D eigenvalue weighted by Gasteiger charge is 2.09. The quantitative estimate of drug-likeness (QED) is 0.886. The highest BCUT2D eigenvalue weighted by atomic mass is 35.5. The second-order valence-electron chi connectivity index (χ2n) is 4.25. The van der Waals surface area contributed by atoms with Crippen LogP contribution in [-0.4, -0.2) is 7.05 Å². The number of hydrogen-bond acceptors (Lipinski definition) is 2. The van der Waals surface area contributed by atoms with Crippen LogP contribution in [0.15, 0.2) is 42.5 Å². The van der Waals surface area contributed by atoms with Gasteiger partial charge in [-0.1, -0.05) is 23.7 Å². The predicted octanol–water partition coefficient (Wildman–Crippen LogP) is 4.55. The summed E-state index contributed by atoms with van der Waals surface area (Å²) in [5.41, 5.74) is 0.996. The standard InChI is InChI=1S/C15H15ClFNO/c1-10(18-2)14-7-6-13(9-15(14)16)19-12-5-3-4-11(17)8-12/h3-10,18H,1-2H3. The largest absolute Gasteiger partial charge is 0.457 e. The number of benzene rings is 2. The number of rotatable bonds is 4. The van der Waals surface area contributed by atoms with Gasteiger partial charge in [-0.2, -0.15) is 0 Å². The molecule has 0 fully saturated rings. The third kappa shape index (κ3) is 3.46. The van der Waals surface area contributed by atoms with Crippen LogP contribution in [0.4, 0.5) is 4.39 Å². The van der Waals surface area contributed by atoms with Crippen LogP contribution in [0.3, 0.4) is 0 Å². The highest BCUT2D eigenvalue weighted by molar-refractivity contribution is 6.31. The first-order valence-corrected chi connectivity index (χ1v) is 6.38. The van der Waals surface area contributed by atoms with Crippen molar-refractivity contribution in [2.75, 3.05) is 7.05 Å². The van der Waals surface area contributed by atoms with E-state index in [-0.39, 0.29) is 11.9 Å². The van der Waals surface area contributed by atoms with E-state index in [1.807, 2.05) is 26.1 Å². The minimum atomic E-state index is -0.330. The summed E-state index contributed by atoms with van der Waals surface area (Å²) < 4.78 is 18.6. The molecule has 1 unspecified atom stereocenters. The monoisotopic (exact) mass is 279 g/mol. The molecule has 0 saturated carbocycles. The first-order valence-electron chi connectivity index (χ1n) is 6.00. The fourth-order valence-corrected chi connectivity index (χ4v) is 2.08. The molecule has 2 aromatic carbocycles. The first kappa shape index (κ1) is 13.8. The molecule has 0 aliphatic heterocycles. The number of hydrogen-bond donors (Lipinski definition) is 1. The first-order chi connectivity index (χ1) is 9.10. The van der Waals surface area contributed by atoms with Gasteiger partial charge in [0, 0.05) is 17.1 Å². The van der Waals surface area contributed by atoms with E-state index in [2.05, 4.69) is 5.32 Å². The van der Waals surface area contributed by atoms with Crippen molar-refractivity contribution in [2.24, 2.45) is 0 Å². The topological polar surface area (TPSA) is 21.3 Å². The zero-order chi connectivity index (χ0) is 13.8. The summed E-state index contributed by atoms with van der Waals surface area (Å²) in [4.78, 5) is 0. The summed E-state index contributed by atoms with van der Waals surface area (Å²) in [5, 5.41) is 3.74. The Kier molecular flexibility index (Phi) is 4.40. The van der Waals surface area contributed by atoms with Gasteiger partial charge >= 0.3 is 0 Å². The Bertz CT molecular complexity index is 574. The van der Waals surface area contributed by atoms with Gasteiger partial charge in [0.25, 0.3) is 0 Å². The molecule has 2 aromatic rings. The number of ether oxygens (including phenoxy) is 1. The molecule has 4 heteroatoms. The van der Waals surface area contributed by atoms with E-state index >= 15 is 0 Å². The lowest BCUT2D eigenvalue weighted by molar-refractivity contribution is 0.476. The van der Waals surface area contributed by atoms with Crippen LogP contribution in [0, 0.1) is 5.82 Å². The van der Waals surface area contributed by atoms with Gasteiger partial charge in [0.2, 0.25) is 0 Å². The molecule has 1 N–H and O–H groups in total. The van der Waals surface area contributed by atoms with Gasteiger partial charge in [-0.3, -0.25) is 0 Å². The van der Waals surface area contributed by atoms with Gasteiger partial charge < -0.3 is 10.1 Å². The van der Waals surface area contributed by atoms with E-state index < -0.39 is 0 Å². The molecule has 0 bridgehead atoms. The Morgan fingerprint density at radius 3 is 2.53 bits per heavy atom. The lowest BCUT2D eigenvalue weighted by atomic mass is 10.1. The summed E-state index contributed by atoms with van der Waals surface area (Å²) in [7, 11) is 1.87. The summed E-state index contributed by atoms with van der Waals surface area (Å²) in [6.07, 6.45) is 0. The van der Waals surface area contributed by atoms with Crippen molar-refractivity contribution in [1.29, 1.82) is 0 Å². The molecular formula is C15H15ClFNO. The molecule has 0 aliphatic carbocycles. The summed E-state index contributed by atoms with van der Waals surface area (Å²) in [6, 6.07) is 11.6. The van der Waals surface area contributed by atoms with Crippen molar-refractivity contribution in [1.82, 2.24) is 5.32 Å². The molecule has 1 atom stereocenters. The van der Waals surface area contributed by atoms with Crippen molar-refractivity contribution in [3.8, 4) is 11.5 Å². The molecule has 19 heavy (non-hydrogen) atoms. The third-order valence-electron chi connectivity index (χ3n) is 2.90. The molecule has 0 saturated heterocycles. The average Bonchev–Trinajstić information content (AvgIpc) is 2.38. The van der Waals surface area contributed by atoms with E-state index in [0.717, 1.165) is 5.56 Å². The Morgan fingerprint density at radius 1 is 1.16 bits per heavy atom. The molecule has 0 radical (unpaired) electrons. The zero-order valence-electron chi connectivity index (χ0n) is 10.8. The number of nitrogens with one attached hydrogen (secondary N) is 1. The Morgan fingerprint density at radius 2 is 1.89 bits per heavy atom. The normalized spacial score (nSPS) is 12.2. The maximum atomic E-state index is 13.1. The third-order valence-corrected chi connectivity index (χ3v) is 3.23. The fraction of sp³-hybridized carbons (Fsp3) is 0.200. The smallest absolute Gasteiger partial charge is 0.130 e. The Labute approximate surface area is 117 Å². The van der Waals surface area contributed by atoms with Gasteiger partial charge in [-0.15, -0.1) is 0 Å². The summed E-state index contributed by atoms with van der Waals surface area (Å²) in [6.45, 7) is 2.02. The van der Waals surface area contributed by atoms with Crippen molar-refractivity contribution < 1.29 is 9.13 Å². The molecule has 100 valence electrons. The molecule has 2 nitrogen and oxygen atoms in total. The van der Waals surface area contributed by atoms with Gasteiger partial charge in [0.05, 0.1) is 0 Å².